The van der Waals surface area contributed by atoms with E-state index in [0.717, 1.165) is 16.9 Å². The molecule has 0 aliphatic heterocycles. The van der Waals surface area contributed by atoms with Crippen LogP contribution >= 0.6 is 0 Å². The predicted octanol–water partition coefficient (Wildman–Crippen LogP) is 4.66. The average molecular weight is 410 g/mol. The van der Waals surface area contributed by atoms with E-state index >= 15 is 0 Å². The van der Waals surface area contributed by atoms with Crippen LogP contribution < -0.4 is 10.0 Å². The van der Waals surface area contributed by atoms with Crippen molar-refractivity contribution in [1.82, 2.24) is 0 Å². The van der Waals surface area contributed by atoms with E-state index in [-0.39, 0.29) is 10.8 Å². The number of carbonyl (C=O) groups excluding carboxylic acids is 1. The minimum atomic E-state index is -3.73. The summed E-state index contributed by atoms with van der Waals surface area (Å²) in [5, 5.41) is 2.68. The fourth-order valence-electron chi connectivity index (χ4n) is 2.73. The standard InChI is InChI=1S/C22H22N2O4S/c1-15-4-12-21(16(2)14-15)24-29(26,27)20-10-6-18(7-11-20)23-22(25)13-9-19-8-5-17(3)28-19/h4-14,24H,1-3H3,(H,23,25)/b13-9+. The van der Waals surface area contributed by atoms with Crippen molar-refractivity contribution < 1.29 is 17.6 Å². The summed E-state index contributed by atoms with van der Waals surface area (Å²) < 4.78 is 33.2. The van der Waals surface area contributed by atoms with Crippen LogP contribution in [0.2, 0.25) is 0 Å². The maximum Gasteiger partial charge on any atom is 0.261 e. The van der Waals surface area contributed by atoms with Crippen molar-refractivity contribution in [2.75, 3.05) is 10.0 Å². The number of anilines is 2. The minimum absolute atomic E-state index is 0.108. The van der Waals surface area contributed by atoms with Crippen LogP contribution in [0, 0.1) is 20.8 Å². The quantitative estimate of drug-likeness (QED) is 0.579. The van der Waals surface area contributed by atoms with E-state index in [1.165, 1.54) is 18.2 Å². The second-order valence-corrected chi connectivity index (χ2v) is 8.40. The normalized spacial score (nSPS) is 11.6. The number of hydrogen-bond acceptors (Lipinski definition) is 4. The molecule has 3 aromatic rings. The van der Waals surface area contributed by atoms with E-state index < -0.39 is 10.0 Å². The highest BCUT2D eigenvalue weighted by Crippen LogP contribution is 2.22. The smallest absolute Gasteiger partial charge is 0.261 e. The van der Waals surface area contributed by atoms with Gasteiger partial charge in [0.25, 0.3) is 10.0 Å². The molecule has 0 radical (unpaired) electrons. The second-order valence-electron chi connectivity index (χ2n) is 6.72. The second kappa shape index (κ2) is 8.36. The molecule has 0 unspecified atom stereocenters. The highest BCUT2D eigenvalue weighted by Gasteiger charge is 2.15. The highest BCUT2D eigenvalue weighted by atomic mass is 32.2. The van der Waals surface area contributed by atoms with Gasteiger partial charge in [0.05, 0.1) is 10.6 Å². The lowest BCUT2D eigenvalue weighted by molar-refractivity contribution is -0.111. The fraction of sp³-hybridized carbons (Fsp3) is 0.136. The number of aryl methyl sites for hydroxylation is 3. The summed E-state index contributed by atoms with van der Waals surface area (Å²) in [4.78, 5) is 12.1. The van der Waals surface area contributed by atoms with Gasteiger partial charge in [-0.25, -0.2) is 8.42 Å². The molecule has 2 aromatic carbocycles. The highest BCUT2D eigenvalue weighted by molar-refractivity contribution is 7.92. The zero-order valence-corrected chi connectivity index (χ0v) is 17.2. The van der Waals surface area contributed by atoms with Crippen molar-refractivity contribution in [1.29, 1.82) is 0 Å². The summed E-state index contributed by atoms with van der Waals surface area (Å²) in [5.41, 5.74) is 2.92. The molecule has 0 saturated heterocycles. The number of sulfonamides is 1. The molecule has 0 aliphatic carbocycles. The number of furan rings is 1. The maximum atomic E-state index is 12.6. The van der Waals surface area contributed by atoms with Gasteiger partial charge in [0.1, 0.15) is 11.5 Å². The molecule has 0 saturated carbocycles. The first-order chi connectivity index (χ1) is 13.7. The van der Waals surface area contributed by atoms with Gasteiger partial charge in [0.2, 0.25) is 5.91 Å². The zero-order chi connectivity index (χ0) is 21.0. The number of carbonyl (C=O) groups is 1. The van der Waals surface area contributed by atoms with Gasteiger partial charge in [-0.05, 0) is 74.9 Å². The third-order valence-corrected chi connectivity index (χ3v) is 5.60. The molecular formula is C22H22N2O4S. The van der Waals surface area contributed by atoms with E-state index in [4.69, 9.17) is 4.42 Å². The first-order valence-electron chi connectivity index (χ1n) is 8.98. The van der Waals surface area contributed by atoms with Crippen molar-refractivity contribution in [2.24, 2.45) is 0 Å². The Morgan fingerprint density at radius 3 is 2.31 bits per heavy atom. The van der Waals surface area contributed by atoms with Crippen LogP contribution in [0.1, 0.15) is 22.6 Å². The molecule has 150 valence electrons. The van der Waals surface area contributed by atoms with Gasteiger partial charge in [-0.1, -0.05) is 17.7 Å². The summed E-state index contributed by atoms with van der Waals surface area (Å²) in [6, 6.07) is 15.0. The average Bonchev–Trinajstić information content (AvgIpc) is 3.08. The van der Waals surface area contributed by atoms with Gasteiger partial charge in [0, 0.05) is 11.8 Å². The number of amides is 1. The first kappa shape index (κ1) is 20.4. The molecule has 6 nitrogen and oxygen atoms in total. The van der Waals surface area contributed by atoms with Crippen LogP contribution in [-0.4, -0.2) is 14.3 Å². The van der Waals surface area contributed by atoms with Gasteiger partial charge in [0.15, 0.2) is 0 Å². The molecule has 0 atom stereocenters. The Morgan fingerprint density at radius 2 is 1.69 bits per heavy atom. The van der Waals surface area contributed by atoms with Crippen LogP contribution in [0.5, 0.6) is 0 Å². The molecule has 3 rings (SSSR count). The number of rotatable bonds is 6. The zero-order valence-electron chi connectivity index (χ0n) is 16.4. The summed E-state index contributed by atoms with van der Waals surface area (Å²) in [6.45, 7) is 5.62. The third-order valence-electron chi connectivity index (χ3n) is 4.22. The Bertz CT molecular complexity index is 1160. The molecule has 0 fully saturated rings. The predicted molar refractivity (Wildman–Crippen MR) is 114 cm³/mol. The molecule has 29 heavy (non-hydrogen) atoms. The van der Waals surface area contributed by atoms with E-state index in [1.54, 1.807) is 30.3 Å². The van der Waals surface area contributed by atoms with Crippen LogP contribution in [0.4, 0.5) is 11.4 Å². The van der Waals surface area contributed by atoms with Crippen molar-refractivity contribution in [3.05, 3.63) is 83.3 Å². The molecule has 7 heteroatoms. The van der Waals surface area contributed by atoms with E-state index in [2.05, 4.69) is 10.0 Å². The molecular weight excluding hydrogens is 388 g/mol. The molecule has 1 amide bonds. The fourth-order valence-corrected chi connectivity index (χ4v) is 3.86. The van der Waals surface area contributed by atoms with Gasteiger partial charge < -0.3 is 9.73 Å². The van der Waals surface area contributed by atoms with Gasteiger partial charge in [-0.15, -0.1) is 0 Å². The van der Waals surface area contributed by atoms with Gasteiger partial charge >= 0.3 is 0 Å². The Morgan fingerprint density at radius 1 is 0.966 bits per heavy atom. The molecule has 1 aromatic heterocycles. The molecule has 1 heterocycles. The Kier molecular flexibility index (Phi) is 5.89. The lowest BCUT2D eigenvalue weighted by Crippen LogP contribution is -2.14. The van der Waals surface area contributed by atoms with Crippen LogP contribution in [0.3, 0.4) is 0 Å². The van der Waals surface area contributed by atoms with E-state index in [9.17, 15) is 13.2 Å². The Balaban J connectivity index is 1.67. The Labute approximate surface area is 170 Å². The number of hydrogen-bond donors (Lipinski definition) is 2. The first-order valence-corrected chi connectivity index (χ1v) is 10.5. The van der Waals surface area contributed by atoms with Crippen molar-refractivity contribution in [3.8, 4) is 0 Å². The van der Waals surface area contributed by atoms with Crippen molar-refractivity contribution >= 4 is 33.4 Å². The van der Waals surface area contributed by atoms with Gasteiger partial charge in [-0.2, -0.15) is 0 Å². The van der Waals surface area contributed by atoms with Gasteiger partial charge in [-0.3, -0.25) is 9.52 Å². The summed E-state index contributed by atoms with van der Waals surface area (Å²) in [6.07, 6.45) is 2.92. The monoisotopic (exact) mass is 410 g/mol. The molecule has 0 bridgehead atoms. The minimum Gasteiger partial charge on any atom is -0.462 e. The molecule has 0 spiro atoms. The lowest BCUT2D eigenvalue weighted by Gasteiger charge is -2.11. The van der Waals surface area contributed by atoms with E-state index in [0.29, 0.717) is 17.1 Å². The largest absolute Gasteiger partial charge is 0.462 e. The number of benzene rings is 2. The van der Waals surface area contributed by atoms with E-state index in [1.807, 2.05) is 39.0 Å². The van der Waals surface area contributed by atoms with Crippen molar-refractivity contribution in [2.45, 2.75) is 25.7 Å². The topological polar surface area (TPSA) is 88.4 Å². The number of nitrogens with one attached hydrogen (secondary N) is 2. The SMILES string of the molecule is Cc1ccc(NS(=O)(=O)c2ccc(NC(=O)/C=C/c3ccc(C)o3)cc2)c(C)c1. The maximum absolute atomic E-state index is 12.6. The molecule has 0 aliphatic rings. The third kappa shape index (κ3) is 5.36. The summed E-state index contributed by atoms with van der Waals surface area (Å²) in [7, 11) is -3.73. The van der Waals surface area contributed by atoms with Crippen molar-refractivity contribution in [3.63, 3.8) is 0 Å². The van der Waals surface area contributed by atoms with Crippen LogP contribution in [0.15, 0.2) is 70.0 Å². The van der Waals surface area contributed by atoms with Crippen LogP contribution in [-0.2, 0) is 14.8 Å². The van der Waals surface area contributed by atoms with Crippen LogP contribution in [0.25, 0.3) is 6.08 Å². The summed E-state index contributed by atoms with van der Waals surface area (Å²) >= 11 is 0. The molecule has 2 N–H and O–H groups in total. The summed E-state index contributed by atoms with van der Waals surface area (Å²) in [5.74, 6) is 0.996. The lowest BCUT2D eigenvalue weighted by atomic mass is 10.1. The Hall–Kier alpha value is -3.32.